The van der Waals surface area contributed by atoms with Gasteiger partial charge >= 0.3 is 0 Å². The molecule has 1 heteroatoms. The van der Waals surface area contributed by atoms with Crippen molar-refractivity contribution >= 4 is 11.8 Å². The average Bonchev–Trinajstić information content (AvgIpc) is 2.35. The number of hydrogen-bond acceptors (Lipinski definition) is 1. The van der Waals surface area contributed by atoms with Gasteiger partial charge in [0.15, 0.2) is 0 Å². The minimum absolute atomic E-state index is 0.932. The molecule has 0 atom stereocenters. The van der Waals surface area contributed by atoms with E-state index in [1.807, 2.05) is 17.8 Å². The third kappa shape index (κ3) is 3.05. The first kappa shape index (κ1) is 13.0. The molecule has 0 saturated carbocycles. The summed E-state index contributed by atoms with van der Waals surface area (Å²) in [6.45, 7) is 8.19. The molecule has 2 aromatic rings. The Balaban J connectivity index is 2.39. The highest BCUT2D eigenvalue weighted by molar-refractivity contribution is 7.99. The molecular formula is C17H18S. The van der Waals surface area contributed by atoms with E-state index < -0.39 is 0 Å². The van der Waals surface area contributed by atoms with Crippen molar-refractivity contribution in [3.05, 3.63) is 71.8 Å². The summed E-state index contributed by atoms with van der Waals surface area (Å²) in [5.41, 5.74) is 4.07. The number of rotatable bonds is 4. The van der Waals surface area contributed by atoms with E-state index in [0.717, 1.165) is 6.42 Å². The molecule has 0 fully saturated rings. The molecule has 0 heterocycles. The van der Waals surface area contributed by atoms with Crippen molar-refractivity contribution in [3.8, 4) is 0 Å². The smallest absolute Gasteiger partial charge is 0.0162 e. The quantitative estimate of drug-likeness (QED) is 0.677. The summed E-state index contributed by atoms with van der Waals surface area (Å²) in [5.74, 6) is 0. The molecule has 2 aromatic carbocycles. The van der Waals surface area contributed by atoms with Crippen molar-refractivity contribution in [2.75, 3.05) is 0 Å². The second kappa shape index (κ2) is 5.92. The first-order valence-corrected chi connectivity index (χ1v) is 6.96. The topological polar surface area (TPSA) is 0 Å². The fourth-order valence-electron chi connectivity index (χ4n) is 2.07. The molecule has 0 radical (unpaired) electrons. The lowest BCUT2D eigenvalue weighted by Gasteiger charge is -2.12. The standard InChI is InChI=1S/C17H18S/c1-4-8-16-14(3)11-13(2)12-17(16)18-15-9-6-5-7-10-15/h4-7,9-12H,1,8H2,2-3H3. The van der Waals surface area contributed by atoms with Gasteiger partial charge < -0.3 is 0 Å². The van der Waals surface area contributed by atoms with E-state index in [1.54, 1.807) is 0 Å². The van der Waals surface area contributed by atoms with Crippen LogP contribution in [-0.4, -0.2) is 0 Å². The molecule has 0 N–H and O–H groups in total. The Bertz CT molecular complexity index is 541. The largest absolute Gasteiger partial charge is 0.103 e. The minimum atomic E-state index is 0.932. The molecule has 0 aliphatic rings. The van der Waals surface area contributed by atoms with Crippen LogP contribution in [0.25, 0.3) is 0 Å². The van der Waals surface area contributed by atoms with Gasteiger partial charge in [0.05, 0.1) is 0 Å². The molecular weight excluding hydrogens is 236 g/mol. The van der Waals surface area contributed by atoms with Crippen molar-refractivity contribution in [2.24, 2.45) is 0 Å². The minimum Gasteiger partial charge on any atom is -0.103 e. The van der Waals surface area contributed by atoms with Crippen molar-refractivity contribution in [1.29, 1.82) is 0 Å². The van der Waals surface area contributed by atoms with Gasteiger partial charge in [-0.25, -0.2) is 0 Å². The van der Waals surface area contributed by atoms with Crippen LogP contribution in [0.5, 0.6) is 0 Å². The van der Waals surface area contributed by atoms with Crippen LogP contribution in [0, 0.1) is 13.8 Å². The Morgan fingerprint density at radius 2 is 1.83 bits per heavy atom. The maximum Gasteiger partial charge on any atom is 0.0162 e. The Labute approximate surface area is 114 Å². The van der Waals surface area contributed by atoms with Crippen LogP contribution >= 0.6 is 11.8 Å². The zero-order chi connectivity index (χ0) is 13.0. The monoisotopic (exact) mass is 254 g/mol. The third-order valence-corrected chi connectivity index (χ3v) is 3.99. The lowest BCUT2D eigenvalue weighted by Crippen LogP contribution is -1.92. The van der Waals surface area contributed by atoms with E-state index in [1.165, 1.54) is 26.5 Å². The molecule has 0 nitrogen and oxygen atoms in total. The zero-order valence-corrected chi connectivity index (χ0v) is 11.8. The van der Waals surface area contributed by atoms with Crippen LogP contribution in [0.3, 0.4) is 0 Å². The van der Waals surface area contributed by atoms with E-state index in [-0.39, 0.29) is 0 Å². The fourth-order valence-corrected chi connectivity index (χ4v) is 3.23. The molecule has 0 spiro atoms. The highest BCUT2D eigenvalue weighted by Crippen LogP contribution is 2.33. The zero-order valence-electron chi connectivity index (χ0n) is 10.9. The molecule has 0 unspecified atom stereocenters. The van der Waals surface area contributed by atoms with Crippen molar-refractivity contribution in [2.45, 2.75) is 30.1 Å². The van der Waals surface area contributed by atoms with Gasteiger partial charge in [-0.3, -0.25) is 0 Å². The molecule has 0 saturated heterocycles. The van der Waals surface area contributed by atoms with Crippen molar-refractivity contribution < 1.29 is 0 Å². The molecule has 18 heavy (non-hydrogen) atoms. The molecule has 2 rings (SSSR count). The first-order chi connectivity index (χ1) is 8.70. The number of allylic oxidation sites excluding steroid dienone is 1. The Morgan fingerprint density at radius 3 is 2.50 bits per heavy atom. The summed E-state index contributed by atoms with van der Waals surface area (Å²) in [7, 11) is 0. The number of hydrogen-bond donors (Lipinski definition) is 0. The van der Waals surface area contributed by atoms with Crippen LogP contribution in [0.1, 0.15) is 16.7 Å². The first-order valence-electron chi connectivity index (χ1n) is 6.14. The van der Waals surface area contributed by atoms with Gasteiger partial charge in [-0.2, -0.15) is 0 Å². The van der Waals surface area contributed by atoms with Crippen LogP contribution in [0.4, 0.5) is 0 Å². The molecule has 0 aliphatic carbocycles. The SMILES string of the molecule is C=CCc1c(C)cc(C)cc1Sc1ccccc1. The third-order valence-electron chi connectivity index (χ3n) is 2.90. The van der Waals surface area contributed by atoms with Gasteiger partial charge in [-0.05, 0) is 55.2 Å². The fraction of sp³-hybridized carbons (Fsp3) is 0.176. The predicted molar refractivity (Wildman–Crippen MR) is 80.4 cm³/mol. The normalized spacial score (nSPS) is 10.3. The van der Waals surface area contributed by atoms with Crippen LogP contribution < -0.4 is 0 Å². The van der Waals surface area contributed by atoms with Gasteiger partial charge in [-0.1, -0.05) is 42.1 Å². The van der Waals surface area contributed by atoms with E-state index >= 15 is 0 Å². The molecule has 92 valence electrons. The Kier molecular flexibility index (Phi) is 4.27. The van der Waals surface area contributed by atoms with E-state index in [0.29, 0.717) is 0 Å². The van der Waals surface area contributed by atoms with Gasteiger partial charge in [0.25, 0.3) is 0 Å². The highest BCUT2D eigenvalue weighted by atomic mass is 32.2. The van der Waals surface area contributed by atoms with Gasteiger partial charge in [0, 0.05) is 9.79 Å². The van der Waals surface area contributed by atoms with Gasteiger partial charge in [0.1, 0.15) is 0 Å². The summed E-state index contributed by atoms with van der Waals surface area (Å²) in [5, 5.41) is 0. The lowest BCUT2D eigenvalue weighted by atomic mass is 10.0. The maximum atomic E-state index is 3.86. The van der Waals surface area contributed by atoms with E-state index in [2.05, 4.69) is 62.9 Å². The Hall–Kier alpha value is -1.47. The maximum absolute atomic E-state index is 3.86. The van der Waals surface area contributed by atoms with Gasteiger partial charge in [-0.15, -0.1) is 6.58 Å². The van der Waals surface area contributed by atoms with Crippen LogP contribution in [0.2, 0.25) is 0 Å². The summed E-state index contributed by atoms with van der Waals surface area (Å²) in [4.78, 5) is 2.63. The molecule has 0 aliphatic heterocycles. The highest BCUT2D eigenvalue weighted by Gasteiger charge is 2.07. The Morgan fingerprint density at radius 1 is 1.11 bits per heavy atom. The second-order valence-corrected chi connectivity index (χ2v) is 5.58. The molecule has 0 aromatic heterocycles. The van der Waals surface area contributed by atoms with Crippen LogP contribution in [0.15, 0.2) is 64.9 Å². The predicted octanol–water partition coefficient (Wildman–Crippen LogP) is 5.18. The number of benzene rings is 2. The van der Waals surface area contributed by atoms with Gasteiger partial charge in [0.2, 0.25) is 0 Å². The summed E-state index contributed by atoms with van der Waals surface area (Å²) in [6.07, 6.45) is 2.91. The lowest BCUT2D eigenvalue weighted by molar-refractivity contribution is 1.12. The summed E-state index contributed by atoms with van der Waals surface area (Å²) < 4.78 is 0. The summed E-state index contributed by atoms with van der Waals surface area (Å²) >= 11 is 1.83. The second-order valence-electron chi connectivity index (χ2n) is 4.47. The van der Waals surface area contributed by atoms with Crippen LogP contribution in [-0.2, 0) is 6.42 Å². The summed E-state index contributed by atoms with van der Waals surface area (Å²) in [6, 6.07) is 15.0. The molecule has 0 amide bonds. The van der Waals surface area contributed by atoms with Crippen molar-refractivity contribution in [1.82, 2.24) is 0 Å². The van der Waals surface area contributed by atoms with E-state index in [4.69, 9.17) is 0 Å². The van der Waals surface area contributed by atoms with E-state index in [9.17, 15) is 0 Å². The number of aryl methyl sites for hydroxylation is 2. The van der Waals surface area contributed by atoms with Crippen molar-refractivity contribution in [3.63, 3.8) is 0 Å². The average molecular weight is 254 g/mol. The molecule has 0 bridgehead atoms.